The SMILES string of the molecule is O=[N][Co].[C-]#[N+]CCCC. The molecule has 0 aromatic heterocycles. The third-order valence-corrected chi connectivity index (χ3v) is 0.623. The average molecular weight is 172 g/mol. The Bertz CT molecular complexity index is 89.4. The number of hydrogen-bond acceptors (Lipinski definition) is 2. The summed E-state index contributed by atoms with van der Waals surface area (Å²) in [6.45, 7) is 9.12. The molecule has 0 saturated heterocycles. The topological polar surface area (TPSA) is 33.8 Å². The monoisotopic (exact) mass is 172 g/mol. The molecule has 0 aliphatic heterocycles. The number of nitrogens with zero attached hydrogens (tertiary/aromatic N) is 2. The fourth-order valence-corrected chi connectivity index (χ4v) is 0.237. The van der Waals surface area contributed by atoms with E-state index in [1.807, 2.05) is 4.23 Å². The van der Waals surface area contributed by atoms with E-state index in [9.17, 15) is 0 Å². The molecule has 0 aromatic carbocycles. The number of unbranched alkanes of at least 4 members (excludes halogenated alkanes) is 1. The summed E-state index contributed by atoms with van der Waals surface area (Å²) in [5, 5.41) is 0. The Balaban J connectivity index is 0. The Labute approximate surface area is 63.4 Å². The molecule has 0 bridgehead atoms. The Morgan fingerprint density at radius 2 is 2.22 bits per heavy atom. The van der Waals surface area contributed by atoms with Crippen molar-refractivity contribution in [3.05, 3.63) is 16.3 Å². The van der Waals surface area contributed by atoms with E-state index in [1.165, 1.54) is 0 Å². The summed E-state index contributed by atoms with van der Waals surface area (Å²) in [6.07, 6.45) is 2.20. The number of hydrogen-bond donors (Lipinski definition) is 0. The summed E-state index contributed by atoms with van der Waals surface area (Å²) in [4.78, 5) is 11.6. The van der Waals surface area contributed by atoms with Crippen LogP contribution in [0.1, 0.15) is 19.8 Å². The summed E-state index contributed by atoms with van der Waals surface area (Å²) in [5.74, 6) is 0. The first-order valence-corrected chi connectivity index (χ1v) is 3.04. The van der Waals surface area contributed by atoms with Crippen LogP contribution < -0.4 is 0 Å². The number of rotatable bonds is 2. The zero-order valence-electron chi connectivity index (χ0n) is 5.26. The largest absolute Gasteiger partial charge is 0.317 e. The van der Waals surface area contributed by atoms with Gasteiger partial charge in [0.05, 0.1) is 0 Å². The fourth-order valence-electron chi connectivity index (χ4n) is 0.237. The van der Waals surface area contributed by atoms with Crippen molar-refractivity contribution in [1.29, 1.82) is 0 Å². The molecule has 0 radical (unpaired) electrons. The van der Waals surface area contributed by atoms with Gasteiger partial charge in [0.1, 0.15) is 0 Å². The molecule has 0 N–H and O–H groups in total. The van der Waals surface area contributed by atoms with E-state index >= 15 is 0 Å². The van der Waals surface area contributed by atoms with Gasteiger partial charge in [-0.2, -0.15) is 0 Å². The van der Waals surface area contributed by atoms with Crippen LogP contribution >= 0.6 is 0 Å². The van der Waals surface area contributed by atoms with Crippen molar-refractivity contribution in [2.24, 2.45) is 4.23 Å². The quantitative estimate of drug-likeness (QED) is 0.356. The molecule has 0 rings (SSSR count). The van der Waals surface area contributed by atoms with Crippen molar-refractivity contribution < 1.29 is 16.0 Å². The van der Waals surface area contributed by atoms with Gasteiger partial charge in [0.15, 0.2) is 0 Å². The smallest absolute Gasteiger partial charge is 0.214 e. The van der Waals surface area contributed by atoms with Crippen molar-refractivity contribution in [3.63, 3.8) is 0 Å². The molecule has 0 aliphatic carbocycles. The summed E-state index contributed by atoms with van der Waals surface area (Å²) >= 11 is 2.90. The molecule has 9 heavy (non-hydrogen) atoms. The minimum atomic E-state index is 0.705. The molecule has 0 amide bonds. The second-order valence-electron chi connectivity index (χ2n) is 1.30. The van der Waals surface area contributed by atoms with Gasteiger partial charge in [0.2, 0.25) is 6.54 Å². The summed E-state index contributed by atoms with van der Waals surface area (Å²) in [5.41, 5.74) is 0. The Kier molecular flexibility index (Phi) is 19.8. The molecule has 0 aromatic rings. The molecule has 0 heterocycles. The van der Waals surface area contributed by atoms with Crippen molar-refractivity contribution in [2.45, 2.75) is 19.8 Å². The van der Waals surface area contributed by atoms with Gasteiger partial charge in [0.25, 0.3) is 0 Å². The Morgan fingerprint density at radius 3 is 2.33 bits per heavy atom. The van der Waals surface area contributed by atoms with Crippen LogP contribution in [0, 0.1) is 11.5 Å². The summed E-state index contributed by atoms with van der Waals surface area (Å²) in [7, 11) is 0. The third kappa shape index (κ3) is 35.3. The molecule has 0 fully saturated rings. The summed E-state index contributed by atoms with van der Waals surface area (Å²) in [6, 6.07) is 0. The Morgan fingerprint density at radius 1 is 1.78 bits per heavy atom. The molecular weight excluding hydrogens is 163 g/mol. The van der Waals surface area contributed by atoms with Gasteiger partial charge in [-0.25, -0.2) is 6.57 Å². The maximum absolute atomic E-state index is 8.42. The third-order valence-electron chi connectivity index (χ3n) is 0.623. The second kappa shape index (κ2) is 15.6. The fraction of sp³-hybridized carbons (Fsp3) is 0.800. The average Bonchev–Trinajstić information content (AvgIpc) is 1.86. The molecule has 3 nitrogen and oxygen atoms in total. The van der Waals surface area contributed by atoms with Crippen LogP contribution in [-0.4, -0.2) is 6.54 Å². The van der Waals surface area contributed by atoms with E-state index in [0.717, 1.165) is 12.8 Å². The minimum absolute atomic E-state index is 0.705. The Hall–Kier alpha value is -0.404. The van der Waals surface area contributed by atoms with Crippen LogP contribution in [0.25, 0.3) is 4.85 Å². The van der Waals surface area contributed by atoms with Crippen LogP contribution in [0.15, 0.2) is 4.23 Å². The van der Waals surface area contributed by atoms with E-state index in [1.54, 1.807) is 0 Å². The predicted molar refractivity (Wildman–Crippen MR) is 32.2 cm³/mol. The van der Waals surface area contributed by atoms with Gasteiger partial charge in [-0.15, -0.1) is 0 Å². The van der Waals surface area contributed by atoms with Crippen molar-refractivity contribution in [1.82, 2.24) is 0 Å². The molecule has 0 atom stereocenters. The van der Waals surface area contributed by atoms with E-state index in [-0.39, 0.29) is 0 Å². The molecule has 54 valence electrons. The number of nitroso groups, excluding NO2 is 1. The van der Waals surface area contributed by atoms with Crippen LogP contribution in [0.3, 0.4) is 0 Å². The van der Waals surface area contributed by atoms with Gasteiger partial charge in [-0.3, -0.25) is 0 Å². The van der Waals surface area contributed by atoms with Gasteiger partial charge >= 0.3 is 25.1 Å². The first kappa shape index (κ1) is 11.4. The van der Waals surface area contributed by atoms with Crippen molar-refractivity contribution >= 4 is 0 Å². The zero-order valence-corrected chi connectivity index (χ0v) is 6.30. The summed E-state index contributed by atoms with van der Waals surface area (Å²) < 4.78 is 1.94. The van der Waals surface area contributed by atoms with Gasteiger partial charge < -0.3 is 4.85 Å². The first-order chi connectivity index (χ1) is 4.33. The minimum Gasteiger partial charge on any atom is -0.317 e. The van der Waals surface area contributed by atoms with Crippen molar-refractivity contribution in [2.75, 3.05) is 6.54 Å². The second-order valence-corrected chi connectivity index (χ2v) is 1.49. The molecular formula is C5H9CoN2O. The molecule has 0 spiro atoms. The normalized spacial score (nSPS) is 6.44. The van der Waals surface area contributed by atoms with Crippen LogP contribution in [-0.2, 0) is 16.0 Å². The van der Waals surface area contributed by atoms with E-state index in [2.05, 4.69) is 27.7 Å². The van der Waals surface area contributed by atoms with Crippen LogP contribution in [0.4, 0.5) is 0 Å². The zero-order chi connectivity index (χ0) is 7.54. The molecule has 0 aliphatic rings. The van der Waals surface area contributed by atoms with Gasteiger partial charge in [-0.1, -0.05) is 6.92 Å². The maximum atomic E-state index is 8.42. The molecule has 4 heteroatoms. The van der Waals surface area contributed by atoms with E-state index in [0.29, 0.717) is 6.54 Å². The van der Waals surface area contributed by atoms with E-state index < -0.39 is 0 Å². The maximum Gasteiger partial charge on any atom is 0.214 e. The molecule has 0 saturated carbocycles. The van der Waals surface area contributed by atoms with Crippen LogP contribution in [0.5, 0.6) is 0 Å². The van der Waals surface area contributed by atoms with Gasteiger partial charge in [0, 0.05) is 6.42 Å². The first-order valence-electron chi connectivity index (χ1n) is 2.58. The van der Waals surface area contributed by atoms with Crippen LogP contribution in [0.2, 0.25) is 0 Å². The van der Waals surface area contributed by atoms with Crippen molar-refractivity contribution in [3.8, 4) is 0 Å². The van der Waals surface area contributed by atoms with E-state index in [4.69, 9.17) is 11.5 Å². The van der Waals surface area contributed by atoms with Gasteiger partial charge in [-0.05, 0) is 6.42 Å². The predicted octanol–water partition coefficient (Wildman–Crippen LogP) is 1.92. The molecule has 0 unspecified atom stereocenters. The standard InChI is InChI=1S/C5H9N.Co.NO/c1-3-4-5-6-2;;1-2/h3-5H2,1H3;;/q;+1;-1.